The van der Waals surface area contributed by atoms with E-state index >= 15 is 0 Å². The van der Waals surface area contributed by atoms with Gasteiger partial charge in [0.2, 0.25) is 5.91 Å². The van der Waals surface area contributed by atoms with E-state index in [0.717, 1.165) is 51.6 Å². The number of halogens is 1. The van der Waals surface area contributed by atoms with Crippen molar-refractivity contribution in [2.75, 3.05) is 39.3 Å². The van der Waals surface area contributed by atoms with Gasteiger partial charge in [0, 0.05) is 45.2 Å². The van der Waals surface area contributed by atoms with E-state index in [1.165, 1.54) is 17.5 Å². The molecular formula is C23H38IN5O. The number of hydrogen-bond donors (Lipinski definition) is 1. The third-order valence-corrected chi connectivity index (χ3v) is 6.07. The zero-order chi connectivity index (χ0) is 20.6. The summed E-state index contributed by atoms with van der Waals surface area (Å²) in [4.78, 5) is 23.7. The van der Waals surface area contributed by atoms with Crippen LogP contribution in [0.3, 0.4) is 0 Å². The van der Waals surface area contributed by atoms with Crippen LogP contribution in [0.25, 0.3) is 0 Å². The van der Waals surface area contributed by atoms with E-state index in [9.17, 15) is 4.79 Å². The van der Waals surface area contributed by atoms with Gasteiger partial charge in [-0.15, -0.1) is 24.0 Å². The quantitative estimate of drug-likeness (QED) is 0.320. The van der Waals surface area contributed by atoms with Crippen LogP contribution in [0.5, 0.6) is 0 Å². The maximum atomic E-state index is 11.9. The molecule has 0 spiro atoms. The number of hydrogen-bond acceptors (Lipinski definition) is 3. The Kier molecular flexibility index (Phi) is 10.4. The van der Waals surface area contributed by atoms with Crippen LogP contribution >= 0.6 is 24.0 Å². The lowest BCUT2D eigenvalue weighted by Crippen LogP contribution is -2.43. The second-order valence-electron chi connectivity index (χ2n) is 8.02. The molecular weight excluding hydrogens is 489 g/mol. The molecule has 2 aliphatic heterocycles. The number of carbonyl (C=O) groups is 1. The maximum Gasteiger partial charge on any atom is 0.222 e. The van der Waals surface area contributed by atoms with Crippen LogP contribution in [-0.4, -0.2) is 71.9 Å². The van der Waals surface area contributed by atoms with E-state index in [0.29, 0.717) is 25.6 Å². The van der Waals surface area contributed by atoms with Gasteiger partial charge in [-0.25, -0.2) is 4.99 Å². The molecule has 2 heterocycles. The van der Waals surface area contributed by atoms with Crippen molar-refractivity contribution in [2.24, 2.45) is 4.99 Å². The van der Waals surface area contributed by atoms with Gasteiger partial charge < -0.3 is 15.1 Å². The molecule has 0 bridgehead atoms. The van der Waals surface area contributed by atoms with Gasteiger partial charge in [0.15, 0.2) is 5.96 Å². The highest BCUT2D eigenvalue weighted by Gasteiger charge is 2.28. The molecule has 1 amide bonds. The summed E-state index contributed by atoms with van der Waals surface area (Å²) >= 11 is 0. The van der Waals surface area contributed by atoms with Crippen LogP contribution in [-0.2, 0) is 17.9 Å². The van der Waals surface area contributed by atoms with E-state index in [2.05, 4.69) is 60.2 Å². The molecule has 0 saturated carbocycles. The molecule has 0 aromatic heterocycles. The van der Waals surface area contributed by atoms with Crippen molar-refractivity contribution >= 4 is 35.8 Å². The molecule has 0 aliphatic carbocycles. The normalized spacial score (nSPS) is 19.5. The Bertz CT molecular complexity index is 707. The molecule has 1 aromatic carbocycles. The molecule has 2 saturated heterocycles. The molecule has 30 heavy (non-hydrogen) atoms. The van der Waals surface area contributed by atoms with Gasteiger partial charge in [-0.05, 0) is 44.0 Å². The molecule has 0 radical (unpaired) electrons. The maximum absolute atomic E-state index is 11.9. The number of likely N-dealkylation sites (tertiary alicyclic amines) is 2. The first-order chi connectivity index (χ1) is 14.1. The van der Waals surface area contributed by atoms with Gasteiger partial charge in [-0.2, -0.15) is 0 Å². The minimum absolute atomic E-state index is 0. The van der Waals surface area contributed by atoms with Gasteiger partial charge in [0.1, 0.15) is 0 Å². The number of rotatable bonds is 8. The third-order valence-electron chi connectivity index (χ3n) is 6.07. The third kappa shape index (κ3) is 6.57. The lowest BCUT2D eigenvalue weighted by atomic mass is 10.1. The first-order valence-corrected chi connectivity index (χ1v) is 11.3. The average Bonchev–Trinajstić information content (AvgIpc) is 3.36. The van der Waals surface area contributed by atoms with Crippen molar-refractivity contribution < 1.29 is 4.79 Å². The average molecular weight is 527 g/mol. The van der Waals surface area contributed by atoms with Crippen molar-refractivity contribution in [1.82, 2.24) is 20.0 Å². The number of likely N-dealkylation sites (N-methyl/N-ethyl adjacent to an activating group) is 1. The summed E-state index contributed by atoms with van der Waals surface area (Å²) in [6.07, 6.45) is 2.88. The Hall–Kier alpha value is -1.35. The second kappa shape index (κ2) is 12.5. The summed E-state index contributed by atoms with van der Waals surface area (Å²) in [6.45, 7) is 14.1. The van der Waals surface area contributed by atoms with E-state index in [4.69, 9.17) is 4.99 Å². The van der Waals surface area contributed by atoms with Crippen molar-refractivity contribution in [1.29, 1.82) is 0 Å². The summed E-state index contributed by atoms with van der Waals surface area (Å²) in [6, 6.07) is 9.14. The molecule has 3 rings (SSSR count). The number of nitrogens with one attached hydrogen (secondary N) is 1. The summed E-state index contributed by atoms with van der Waals surface area (Å²) in [7, 11) is 0. The highest BCUT2D eigenvalue weighted by atomic mass is 127. The van der Waals surface area contributed by atoms with Crippen molar-refractivity contribution in [3.63, 3.8) is 0 Å². The Morgan fingerprint density at radius 3 is 2.63 bits per heavy atom. The molecule has 168 valence electrons. The monoisotopic (exact) mass is 527 g/mol. The highest BCUT2D eigenvalue weighted by molar-refractivity contribution is 14.0. The number of carbonyl (C=O) groups excluding carboxylic acids is 1. The minimum atomic E-state index is 0. The largest absolute Gasteiger partial charge is 0.357 e. The molecule has 1 N–H and O–H groups in total. The topological polar surface area (TPSA) is 51.2 Å². The zero-order valence-electron chi connectivity index (χ0n) is 18.8. The fourth-order valence-electron chi connectivity index (χ4n) is 4.48. The predicted molar refractivity (Wildman–Crippen MR) is 134 cm³/mol. The zero-order valence-corrected chi connectivity index (χ0v) is 21.1. The Balaban J connectivity index is 0.00000320. The molecule has 1 unspecified atom stereocenters. The number of aliphatic imine (C=N–C) groups is 1. The minimum Gasteiger partial charge on any atom is -0.357 e. The van der Waals surface area contributed by atoms with Gasteiger partial charge in [0.05, 0.1) is 6.54 Å². The van der Waals surface area contributed by atoms with Crippen LogP contribution in [0.4, 0.5) is 0 Å². The molecule has 6 nitrogen and oxygen atoms in total. The van der Waals surface area contributed by atoms with E-state index in [-0.39, 0.29) is 29.9 Å². The molecule has 2 aliphatic rings. The van der Waals surface area contributed by atoms with Crippen LogP contribution in [0.15, 0.2) is 29.3 Å². The second-order valence-corrected chi connectivity index (χ2v) is 8.02. The van der Waals surface area contributed by atoms with Crippen LogP contribution in [0, 0.1) is 0 Å². The summed E-state index contributed by atoms with van der Waals surface area (Å²) in [5.74, 6) is 1.29. The van der Waals surface area contributed by atoms with Crippen molar-refractivity contribution in [3.8, 4) is 0 Å². The fourth-order valence-corrected chi connectivity index (χ4v) is 4.48. The first-order valence-electron chi connectivity index (χ1n) is 11.3. The summed E-state index contributed by atoms with van der Waals surface area (Å²) in [5.41, 5.74) is 2.39. The van der Waals surface area contributed by atoms with Crippen molar-refractivity contribution in [3.05, 3.63) is 35.4 Å². The van der Waals surface area contributed by atoms with Crippen molar-refractivity contribution in [2.45, 2.75) is 59.2 Å². The van der Waals surface area contributed by atoms with Crippen LogP contribution in [0.2, 0.25) is 0 Å². The van der Waals surface area contributed by atoms with E-state index in [1.54, 1.807) is 0 Å². The number of amides is 1. The first kappa shape index (κ1) is 24.9. The van der Waals surface area contributed by atoms with Gasteiger partial charge >= 0.3 is 0 Å². The standard InChI is InChI=1S/C23H37N5O.HI/c1-4-24-23(28-14-12-21(18-28)26(5-2)6-3)25-16-19-9-7-10-20(15-19)17-27-13-8-11-22(27)29;/h7,9-10,15,21H,4-6,8,11-14,16-18H2,1-3H3,(H,24,25);1H. The van der Waals surface area contributed by atoms with Gasteiger partial charge in [-0.1, -0.05) is 38.1 Å². The summed E-state index contributed by atoms with van der Waals surface area (Å²) in [5, 5.41) is 3.47. The predicted octanol–water partition coefficient (Wildman–Crippen LogP) is 3.31. The molecule has 2 fully saturated rings. The molecule has 1 atom stereocenters. The smallest absolute Gasteiger partial charge is 0.222 e. The molecule has 1 aromatic rings. The Morgan fingerprint density at radius 2 is 1.97 bits per heavy atom. The number of nitrogens with zero attached hydrogens (tertiary/aromatic N) is 4. The lowest BCUT2D eigenvalue weighted by Gasteiger charge is -2.27. The van der Waals surface area contributed by atoms with E-state index < -0.39 is 0 Å². The van der Waals surface area contributed by atoms with Crippen LogP contribution in [0.1, 0.15) is 51.2 Å². The molecule has 7 heteroatoms. The lowest BCUT2D eigenvalue weighted by molar-refractivity contribution is -0.128. The van der Waals surface area contributed by atoms with E-state index in [1.807, 2.05) is 4.90 Å². The fraction of sp³-hybridized carbons (Fsp3) is 0.652. The van der Waals surface area contributed by atoms with Gasteiger partial charge in [-0.3, -0.25) is 9.69 Å². The van der Waals surface area contributed by atoms with Crippen LogP contribution < -0.4 is 5.32 Å². The Labute approximate surface area is 199 Å². The Morgan fingerprint density at radius 1 is 1.20 bits per heavy atom. The summed E-state index contributed by atoms with van der Waals surface area (Å²) < 4.78 is 0. The van der Waals surface area contributed by atoms with Gasteiger partial charge in [0.25, 0.3) is 0 Å². The number of benzene rings is 1. The number of guanidine groups is 1. The SMILES string of the molecule is CCNC(=NCc1cccc(CN2CCCC2=O)c1)N1CCC(N(CC)CC)C1.I. The highest BCUT2D eigenvalue weighted by Crippen LogP contribution is 2.17.